The molecule has 0 aromatic carbocycles. The van der Waals surface area contributed by atoms with Gasteiger partial charge in [-0.2, -0.15) is 5.10 Å². The summed E-state index contributed by atoms with van der Waals surface area (Å²) in [5.74, 6) is 2.66. The van der Waals surface area contributed by atoms with Crippen LogP contribution in [-0.2, 0) is 13.6 Å². The van der Waals surface area contributed by atoms with Crippen molar-refractivity contribution >= 4 is 38.6 Å². The number of aromatic nitrogens is 5. The Kier molecular flexibility index (Phi) is 4.76. The fraction of sp³-hybridized carbons (Fsp3) is 0.444. The zero-order valence-corrected chi connectivity index (χ0v) is 16.6. The fourth-order valence-electron chi connectivity index (χ4n) is 3.31. The second kappa shape index (κ2) is 7.19. The van der Waals surface area contributed by atoms with Gasteiger partial charge in [-0.15, -0.1) is 0 Å². The molecule has 1 fully saturated rings. The summed E-state index contributed by atoms with van der Waals surface area (Å²) < 4.78 is 2.48. The SMILES string of the molecule is CC1CCN(c2ccc(CNc3ncnc4c3c(Br)nn4C)cn2)CC1. The molecule has 0 aliphatic carbocycles. The van der Waals surface area contributed by atoms with Crippen LogP contribution in [0.15, 0.2) is 29.3 Å². The van der Waals surface area contributed by atoms with E-state index in [1.807, 2.05) is 13.2 Å². The molecule has 7 nitrogen and oxygen atoms in total. The number of aryl methyl sites for hydroxylation is 1. The average Bonchev–Trinajstić information content (AvgIpc) is 2.96. The van der Waals surface area contributed by atoms with Gasteiger partial charge in [0.1, 0.15) is 22.6 Å². The van der Waals surface area contributed by atoms with E-state index in [1.165, 1.54) is 12.8 Å². The van der Waals surface area contributed by atoms with Gasteiger partial charge in [0.05, 0.1) is 5.39 Å². The highest BCUT2D eigenvalue weighted by molar-refractivity contribution is 9.10. The van der Waals surface area contributed by atoms with E-state index in [0.717, 1.165) is 51.8 Å². The fourth-order valence-corrected chi connectivity index (χ4v) is 3.91. The van der Waals surface area contributed by atoms with Crippen LogP contribution in [-0.4, -0.2) is 37.8 Å². The van der Waals surface area contributed by atoms with Gasteiger partial charge in [-0.1, -0.05) is 13.0 Å². The minimum Gasteiger partial charge on any atom is -0.365 e. The molecule has 0 saturated carbocycles. The normalized spacial score (nSPS) is 15.6. The van der Waals surface area contributed by atoms with Crippen molar-refractivity contribution in [3.63, 3.8) is 0 Å². The standard InChI is InChI=1S/C18H22BrN7/c1-12-5-7-26(8-6-12)14-4-3-13(9-20-14)10-21-17-15-16(19)24-25(2)18(15)23-11-22-17/h3-4,9,11-12H,5-8,10H2,1-2H3,(H,21,22,23). The van der Waals surface area contributed by atoms with Crippen LogP contribution in [0.5, 0.6) is 0 Å². The van der Waals surface area contributed by atoms with Crippen molar-refractivity contribution in [2.45, 2.75) is 26.3 Å². The van der Waals surface area contributed by atoms with Crippen LogP contribution >= 0.6 is 15.9 Å². The number of hydrogen-bond acceptors (Lipinski definition) is 6. The van der Waals surface area contributed by atoms with E-state index in [1.54, 1.807) is 11.0 Å². The van der Waals surface area contributed by atoms with Gasteiger partial charge >= 0.3 is 0 Å². The molecule has 1 aliphatic rings. The number of fused-ring (bicyclic) bond motifs is 1. The Hall–Kier alpha value is -2.22. The predicted molar refractivity (Wildman–Crippen MR) is 106 cm³/mol. The third-order valence-electron chi connectivity index (χ3n) is 4.95. The summed E-state index contributed by atoms with van der Waals surface area (Å²) in [5, 5.41) is 8.61. The number of nitrogens with one attached hydrogen (secondary N) is 1. The number of hydrogen-bond donors (Lipinski definition) is 1. The first-order valence-electron chi connectivity index (χ1n) is 8.89. The molecule has 3 aromatic rings. The highest BCUT2D eigenvalue weighted by Crippen LogP contribution is 2.27. The Morgan fingerprint density at radius 1 is 1.19 bits per heavy atom. The van der Waals surface area contributed by atoms with Crippen LogP contribution in [0.4, 0.5) is 11.6 Å². The van der Waals surface area contributed by atoms with Crippen molar-refractivity contribution in [2.24, 2.45) is 13.0 Å². The number of nitrogens with zero attached hydrogens (tertiary/aromatic N) is 6. The summed E-state index contributed by atoms with van der Waals surface area (Å²) in [4.78, 5) is 15.7. The number of anilines is 2. The van der Waals surface area contributed by atoms with Gasteiger partial charge in [0.15, 0.2) is 5.65 Å². The second-order valence-corrected chi connectivity index (χ2v) is 7.63. The van der Waals surface area contributed by atoms with Gasteiger partial charge in [0.2, 0.25) is 0 Å². The van der Waals surface area contributed by atoms with Crippen molar-refractivity contribution in [2.75, 3.05) is 23.3 Å². The van der Waals surface area contributed by atoms with Gasteiger partial charge in [-0.3, -0.25) is 0 Å². The third kappa shape index (κ3) is 3.38. The largest absolute Gasteiger partial charge is 0.365 e. The van der Waals surface area contributed by atoms with E-state index in [4.69, 9.17) is 0 Å². The minimum atomic E-state index is 0.651. The van der Waals surface area contributed by atoms with Crippen LogP contribution in [0.3, 0.4) is 0 Å². The molecule has 3 aromatic heterocycles. The lowest BCUT2D eigenvalue weighted by molar-refractivity contribution is 0.436. The maximum absolute atomic E-state index is 4.65. The van der Waals surface area contributed by atoms with Crippen molar-refractivity contribution in [1.82, 2.24) is 24.7 Å². The molecule has 1 aliphatic heterocycles. The lowest BCUT2D eigenvalue weighted by Gasteiger charge is -2.31. The first kappa shape index (κ1) is 17.2. The molecule has 0 bridgehead atoms. The Morgan fingerprint density at radius 3 is 2.73 bits per heavy atom. The highest BCUT2D eigenvalue weighted by Gasteiger charge is 2.17. The number of halogens is 1. The molecular weight excluding hydrogens is 394 g/mol. The molecule has 0 unspecified atom stereocenters. The zero-order chi connectivity index (χ0) is 18.1. The summed E-state index contributed by atoms with van der Waals surface area (Å²) in [7, 11) is 1.87. The lowest BCUT2D eigenvalue weighted by atomic mass is 9.99. The molecule has 4 rings (SSSR count). The predicted octanol–water partition coefficient (Wildman–Crippen LogP) is 3.37. The third-order valence-corrected chi connectivity index (χ3v) is 5.51. The van der Waals surface area contributed by atoms with Gasteiger partial charge in [-0.25, -0.2) is 19.6 Å². The second-order valence-electron chi connectivity index (χ2n) is 6.88. The Morgan fingerprint density at radius 2 is 2.00 bits per heavy atom. The summed E-state index contributed by atoms with van der Waals surface area (Å²) in [5.41, 5.74) is 1.91. The van der Waals surface area contributed by atoms with Crippen molar-refractivity contribution in [1.29, 1.82) is 0 Å². The molecular formula is C18H22BrN7. The zero-order valence-electron chi connectivity index (χ0n) is 15.0. The maximum atomic E-state index is 4.65. The van der Waals surface area contributed by atoms with Crippen LogP contribution < -0.4 is 10.2 Å². The van der Waals surface area contributed by atoms with Crippen LogP contribution in [0, 0.1) is 5.92 Å². The van der Waals surface area contributed by atoms with Crippen LogP contribution in [0.1, 0.15) is 25.3 Å². The minimum absolute atomic E-state index is 0.651. The maximum Gasteiger partial charge on any atom is 0.164 e. The monoisotopic (exact) mass is 415 g/mol. The smallest absolute Gasteiger partial charge is 0.164 e. The van der Waals surface area contributed by atoms with Gasteiger partial charge in [0.25, 0.3) is 0 Å². The van der Waals surface area contributed by atoms with Crippen molar-refractivity contribution in [3.8, 4) is 0 Å². The molecule has 4 heterocycles. The quantitative estimate of drug-likeness (QED) is 0.703. The summed E-state index contributed by atoms with van der Waals surface area (Å²) in [6.45, 7) is 5.17. The topological polar surface area (TPSA) is 71.8 Å². The van der Waals surface area contributed by atoms with Crippen molar-refractivity contribution in [3.05, 3.63) is 34.8 Å². The van der Waals surface area contributed by atoms with E-state index < -0.39 is 0 Å². The molecule has 8 heteroatoms. The molecule has 0 radical (unpaired) electrons. The Bertz CT molecular complexity index is 898. The van der Waals surface area contributed by atoms with E-state index in [9.17, 15) is 0 Å². The molecule has 1 N–H and O–H groups in total. The van der Waals surface area contributed by atoms with E-state index in [2.05, 4.69) is 65.3 Å². The average molecular weight is 416 g/mol. The molecule has 26 heavy (non-hydrogen) atoms. The highest BCUT2D eigenvalue weighted by atomic mass is 79.9. The first-order valence-corrected chi connectivity index (χ1v) is 9.68. The van der Waals surface area contributed by atoms with E-state index >= 15 is 0 Å². The van der Waals surface area contributed by atoms with Crippen LogP contribution in [0.2, 0.25) is 0 Å². The van der Waals surface area contributed by atoms with Gasteiger partial charge in [0, 0.05) is 32.9 Å². The van der Waals surface area contributed by atoms with E-state index in [-0.39, 0.29) is 0 Å². The number of rotatable bonds is 4. The lowest BCUT2D eigenvalue weighted by Crippen LogP contribution is -2.33. The Labute approximate surface area is 161 Å². The molecule has 136 valence electrons. The number of piperidine rings is 1. The van der Waals surface area contributed by atoms with Gasteiger partial charge < -0.3 is 10.2 Å². The summed E-state index contributed by atoms with van der Waals surface area (Å²) in [6.07, 6.45) is 5.98. The Balaban J connectivity index is 1.45. The number of pyridine rings is 1. The molecule has 0 spiro atoms. The molecule has 0 atom stereocenters. The van der Waals surface area contributed by atoms with Gasteiger partial charge in [-0.05, 0) is 46.3 Å². The summed E-state index contributed by atoms with van der Waals surface area (Å²) >= 11 is 3.48. The van der Waals surface area contributed by atoms with Crippen molar-refractivity contribution < 1.29 is 0 Å². The first-order chi connectivity index (χ1) is 12.6. The molecule has 1 saturated heterocycles. The summed E-state index contributed by atoms with van der Waals surface area (Å²) in [6, 6.07) is 4.24. The molecule has 0 amide bonds. The van der Waals surface area contributed by atoms with Crippen LogP contribution in [0.25, 0.3) is 11.0 Å². The van der Waals surface area contributed by atoms with E-state index in [0.29, 0.717) is 6.54 Å².